The molecule has 0 atom stereocenters. The van der Waals surface area contributed by atoms with Crippen molar-refractivity contribution in [3.05, 3.63) is 87.5 Å². The van der Waals surface area contributed by atoms with Crippen molar-refractivity contribution in [1.82, 2.24) is 19.6 Å². The molecule has 4 aromatic rings. The van der Waals surface area contributed by atoms with Gasteiger partial charge in [-0.05, 0) is 31.5 Å². The molecule has 0 spiro atoms. The van der Waals surface area contributed by atoms with E-state index in [1.807, 2.05) is 19.1 Å². The van der Waals surface area contributed by atoms with Gasteiger partial charge in [-0.15, -0.1) is 0 Å². The maximum atomic E-state index is 14.0. The zero-order valence-electron chi connectivity index (χ0n) is 14.5. The largest absolute Gasteiger partial charge is 0.293 e. The van der Waals surface area contributed by atoms with E-state index in [1.54, 1.807) is 37.5 Å². The summed E-state index contributed by atoms with van der Waals surface area (Å²) in [5, 5.41) is 3.08. The van der Waals surface area contributed by atoms with Crippen LogP contribution in [0.25, 0.3) is 16.8 Å². The van der Waals surface area contributed by atoms with E-state index in [0.29, 0.717) is 22.5 Å². The van der Waals surface area contributed by atoms with Gasteiger partial charge in [0, 0.05) is 46.9 Å². The number of pyridine rings is 1. The topological polar surface area (TPSA) is 63.1 Å². The van der Waals surface area contributed by atoms with Gasteiger partial charge in [0.2, 0.25) is 0 Å². The molecular formula is C20H17FN4O. The van der Waals surface area contributed by atoms with Crippen molar-refractivity contribution in [3.8, 4) is 11.1 Å². The highest BCUT2D eigenvalue weighted by molar-refractivity contribution is 5.79. The average Bonchev–Trinajstić information content (AvgIpc) is 2.97. The molecule has 0 unspecified atom stereocenters. The highest BCUT2D eigenvalue weighted by atomic mass is 19.1. The number of aromatic nitrogens is 4. The van der Waals surface area contributed by atoms with Gasteiger partial charge in [-0.2, -0.15) is 0 Å². The minimum Gasteiger partial charge on any atom is -0.293 e. The van der Waals surface area contributed by atoms with Gasteiger partial charge >= 0.3 is 0 Å². The lowest BCUT2D eigenvalue weighted by molar-refractivity contribution is 0.613. The summed E-state index contributed by atoms with van der Waals surface area (Å²) in [5.41, 5.74) is 4.45. The molecule has 0 aliphatic rings. The van der Waals surface area contributed by atoms with Crippen LogP contribution in [-0.4, -0.2) is 19.6 Å². The van der Waals surface area contributed by atoms with Crippen LogP contribution < -0.4 is 5.56 Å². The van der Waals surface area contributed by atoms with Crippen LogP contribution in [0, 0.1) is 19.7 Å². The van der Waals surface area contributed by atoms with E-state index in [1.165, 1.54) is 10.6 Å². The summed E-state index contributed by atoms with van der Waals surface area (Å²) in [6.07, 6.45) is 3.64. The SMILES string of the molecule is Cc1nc2c(-c3cccnc3)c(C)[nH]n2c(=O)c1Cc1ccccc1F. The van der Waals surface area contributed by atoms with Gasteiger partial charge in [-0.3, -0.25) is 14.9 Å². The monoisotopic (exact) mass is 348 g/mol. The van der Waals surface area contributed by atoms with Gasteiger partial charge in [0.05, 0.1) is 0 Å². The number of hydrogen-bond donors (Lipinski definition) is 1. The molecule has 4 rings (SSSR count). The van der Waals surface area contributed by atoms with Gasteiger partial charge in [-0.1, -0.05) is 24.3 Å². The Bertz CT molecular complexity index is 1160. The third-order valence-electron chi connectivity index (χ3n) is 4.54. The predicted molar refractivity (Wildman–Crippen MR) is 97.7 cm³/mol. The van der Waals surface area contributed by atoms with Crippen LogP contribution in [0.4, 0.5) is 4.39 Å². The second-order valence-corrected chi connectivity index (χ2v) is 6.26. The normalized spacial score (nSPS) is 11.2. The molecule has 6 heteroatoms. The maximum Gasteiger partial charge on any atom is 0.276 e. The second kappa shape index (κ2) is 6.22. The first kappa shape index (κ1) is 16.2. The molecule has 0 radical (unpaired) electrons. The maximum absolute atomic E-state index is 14.0. The number of nitrogens with one attached hydrogen (secondary N) is 1. The molecule has 0 aliphatic carbocycles. The zero-order chi connectivity index (χ0) is 18.3. The first-order valence-corrected chi connectivity index (χ1v) is 8.31. The van der Waals surface area contributed by atoms with Crippen LogP contribution in [0.15, 0.2) is 53.6 Å². The Morgan fingerprint density at radius 1 is 1.15 bits per heavy atom. The fourth-order valence-electron chi connectivity index (χ4n) is 3.22. The highest BCUT2D eigenvalue weighted by Crippen LogP contribution is 2.26. The van der Waals surface area contributed by atoms with Gasteiger partial charge in [0.25, 0.3) is 5.56 Å². The van der Waals surface area contributed by atoms with Crippen molar-refractivity contribution in [2.45, 2.75) is 20.3 Å². The van der Waals surface area contributed by atoms with E-state index in [2.05, 4.69) is 15.1 Å². The Morgan fingerprint density at radius 3 is 2.69 bits per heavy atom. The summed E-state index contributed by atoms with van der Waals surface area (Å²) in [6, 6.07) is 10.2. The third kappa shape index (κ3) is 2.60. The van der Waals surface area contributed by atoms with Crippen LogP contribution in [0.5, 0.6) is 0 Å². The van der Waals surface area contributed by atoms with Crippen molar-refractivity contribution in [3.63, 3.8) is 0 Å². The summed E-state index contributed by atoms with van der Waals surface area (Å²) in [5.74, 6) is -0.324. The number of rotatable bonds is 3. The Labute approximate surface area is 149 Å². The molecule has 1 aromatic carbocycles. The smallest absolute Gasteiger partial charge is 0.276 e. The van der Waals surface area contributed by atoms with Crippen LogP contribution >= 0.6 is 0 Å². The number of fused-ring (bicyclic) bond motifs is 1. The summed E-state index contributed by atoms with van der Waals surface area (Å²) in [4.78, 5) is 21.8. The molecule has 130 valence electrons. The molecule has 0 saturated carbocycles. The summed E-state index contributed by atoms with van der Waals surface area (Å²) < 4.78 is 15.4. The molecular weight excluding hydrogens is 331 g/mol. The lowest BCUT2D eigenvalue weighted by atomic mass is 10.0. The van der Waals surface area contributed by atoms with Crippen molar-refractivity contribution < 1.29 is 4.39 Å². The standard InChI is InChI=1S/C20H17FN4O/c1-12-16(10-14-6-3-4-8-17(14)21)20(26)25-19(23-12)18(13(2)24-25)15-7-5-9-22-11-15/h3-9,11,24H,10H2,1-2H3. The molecule has 1 N–H and O–H groups in total. The van der Waals surface area contributed by atoms with Crippen LogP contribution in [0.1, 0.15) is 22.5 Å². The molecule has 26 heavy (non-hydrogen) atoms. The number of hydrogen-bond acceptors (Lipinski definition) is 3. The molecule has 0 amide bonds. The lowest BCUT2D eigenvalue weighted by Gasteiger charge is -2.07. The minimum absolute atomic E-state index is 0.202. The summed E-state index contributed by atoms with van der Waals surface area (Å²) in [6.45, 7) is 3.68. The molecule has 3 heterocycles. The first-order valence-electron chi connectivity index (χ1n) is 8.31. The molecule has 0 saturated heterocycles. The Kier molecular flexibility index (Phi) is 3.88. The Balaban J connectivity index is 1.91. The summed E-state index contributed by atoms with van der Waals surface area (Å²) >= 11 is 0. The fraction of sp³-hybridized carbons (Fsp3) is 0.150. The van der Waals surface area contributed by atoms with Gasteiger partial charge in [-0.25, -0.2) is 13.9 Å². The van der Waals surface area contributed by atoms with E-state index < -0.39 is 0 Å². The number of aromatic amines is 1. The molecule has 0 bridgehead atoms. The molecule has 0 fully saturated rings. The van der Waals surface area contributed by atoms with E-state index in [0.717, 1.165) is 16.8 Å². The average molecular weight is 348 g/mol. The van der Waals surface area contributed by atoms with Crippen molar-refractivity contribution in [1.29, 1.82) is 0 Å². The van der Waals surface area contributed by atoms with Crippen LogP contribution in [0.2, 0.25) is 0 Å². The van der Waals surface area contributed by atoms with Gasteiger partial charge in [0.15, 0.2) is 5.65 Å². The van der Waals surface area contributed by atoms with Crippen LogP contribution in [0.3, 0.4) is 0 Å². The number of H-pyrrole nitrogens is 1. The quantitative estimate of drug-likeness (QED) is 0.617. The minimum atomic E-state index is -0.324. The molecule has 5 nitrogen and oxygen atoms in total. The lowest BCUT2D eigenvalue weighted by Crippen LogP contribution is -2.22. The van der Waals surface area contributed by atoms with Crippen LogP contribution in [-0.2, 0) is 6.42 Å². The molecule has 3 aromatic heterocycles. The zero-order valence-corrected chi connectivity index (χ0v) is 14.5. The number of aryl methyl sites for hydroxylation is 2. The van der Waals surface area contributed by atoms with Gasteiger partial charge < -0.3 is 0 Å². The molecule has 0 aliphatic heterocycles. The number of halogens is 1. The summed E-state index contributed by atoms with van der Waals surface area (Å²) in [7, 11) is 0. The second-order valence-electron chi connectivity index (χ2n) is 6.26. The van der Waals surface area contributed by atoms with Gasteiger partial charge in [0.1, 0.15) is 5.82 Å². The number of benzene rings is 1. The Hall–Kier alpha value is -3.28. The van der Waals surface area contributed by atoms with Crippen molar-refractivity contribution in [2.24, 2.45) is 0 Å². The van der Waals surface area contributed by atoms with E-state index in [9.17, 15) is 9.18 Å². The predicted octanol–water partition coefficient (Wildman–Crippen LogP) is 3.43. The van der Waals surface area contributed by atoms with Crippen molar-refractivity contribution >= 4 is 5.65 Å². The fourth-order valence-corrected chi connectivity index (χ4v) is 3.22. The first-order chi connectivity index (χ1) is 12.6. The number of nitrogens with zero attached hydrogens (tertiary/aromatic N) is 3. The van der Waals surface area contributed by atoms with E-state index in [-0.39, 0.29) is 17.8 Å². The highest BCUT2D eigenvalue weighted by Gasteiger charge is 2.18. The van der Waals surface area contributed by atoms with E-state index >= 15 is 0 Å². The van der Waals surface area contributed by atoms with Crippen molar-refractivity contribution in [2.75, 3.05) is 0 Å². The Morgan fingerprint density at radius 2 is 1.96 bits per heavy atom. The van der Waals surface area contributed by atoms with E-state index in [4.69, 9.17) is 0 Å². The third-order valence-corrected chi connectivity index (χ3v) is 4.54.